The summed E-state index contributed by atoms with van der Waals surface area (Å²) in [6.45, 7) is 5.58. The van der Waals surface area contributed by atoms with Crippen LogP contribution in [-0.4, -0.2) is 40.5 Å². The molecule has 4 aromatic rings. The molecule has 2 atom stereocenters. The van der Waals surface area contributed by atoms with Crippen LogP contribution in [0.25, 0.3) is 11.1 Å². The second-order valence-electron chi connectivity index (χ2n) is 11.6. The predicted octanol–water partition coefficient (Wildman–Crippen LogP) is 7.40. The summed E-state index contributed by atoms with van der Waals surface area (Å²) in [5, 5.41) is 18.9. The normalized spacial score (nSPS) is 12.2. The second kappa shape index (κ2) is 17.6. The fourth-order valence-electron chi connectivity index (χ4n) is 4.88. The number of rotatable bonds is 15. The number of unbranched alkanes of at least 4 members (excludes halogenated alkanes) is 1. The van der Waals surface area contributed by atoms with E-state index in [0.717, 1.165) is 5.56 Å². The summed E-state index contributed by atoms with van der Waals surface area (Å²) in [7, 11) is 0. The minimum absolute atomic E-state index is 0.0155. The van der Waals surface area contributed by atoms with Gasteiger partial charge in [0.1, 0.15) is 35.9 Å². The van der Waals surface area contributed by atoms with Gasteiger partial charge in [0.15, 0.2) is 5.75 Å². The molecule has 0 fully saturated rings. The van der Waals surface area contributed by atoms with Gasteiger partial charge in [-0.25, -0.2) is 13.6 Å². The third-order valence-corrected chi connectivity index (χ3v) is 7.54. The van der Waals surface area contributed by atoms with Crippen LogP contribution in [0.2, 0.25) is 0 Å². The van der Waals surface area contributed by atoms with Gasteiger partial charge in [-0.2, -0.15) is 0 Å². The van der Waals surface area contributed by atoms with E-state index in [1.807, 2.05) is 37.3 Å². The molecule has 4 N–H and O–H groups in total. The zero-order valence-electron chi connectivity index (χ0n) is 27.5. The van der Waals surface area contributed by atoms with Crippen LogP contribution >= 0.6 is 0 Å². The van der Waals surface area contributed by atoms with Crippen molar-refractivity contribution in [3.63, 3.8) is 0 Å². The Morgan fingerprint density at radius 1 is 0.878 bits per heavy atom. The molecule has 0 aliphatic carbocycles. The van der Waals surface area contributed by atoms with Gasteiger partial charge in [-0.15, -0.1) is 0 Å². The maximum absolute atomic E-state index is 14.3. The molecular weight excluding hydrogens is 634 g/mol. The highest BCUT2D eigenvalue weighted by molar-refractivity contribution is 6.01. The number of aromatic nitrogens is 1. The van der Waals surface area contributed by atoms with Crippen molar-refractivity contribution in [2.24, 2.45) is 5.92 Å². The van der Waals surface area contributed by atoms with Crippen LogP contribution in [0.3, 0.4) is 0 Å². The summed E-state index contributed by atoms with van der Waals surface area (Å²) in [6, 6.07) is 21.4. The first-order chi connectivity index (χ1) is 23.6. The molecular formula is C37H40F2N4O6. The predicted molar refractivity (Wildman–Crippen MR) is 181 cm³/mol. The number of nitrogens with one attached hydrogen (secondary N) is 3. The maximum atomic E-state index is 14.3. The lowest BCUT2D eigenvalue weighted by Gasteiger charge is -2.24. The molecule has 3 amide bonds. The SMILES string of the molecule is CCCCC(=O)NC(c1ncc(-c2ccc(OCc3ccccc3)cc2)c(NC(=O)[C@@H](NC(=O)Oc2ccccc2)C(C)C)c1O)C(F)F. The largest absolute Gasteiger partial charge is 0.504 e. The Morgan fingerprint density at radius 3 is 2.14 bits per heavy atom. The Morgan fingerprint density at radius 2 is 1.53 bits per heavy atom. The molecule has 1 aromatic heterocycles. The Hall–Kier alpha value is -5.52. The number of benzene rings is 3. The summed E-state index contributed by atoms with van der Waals surface area (Å²) < 4.78 is 39.8. The van der Waals surface area contributed by atoms with Crippen molar-refractivity contribution in [1.82, 2.24) is 15.6 Å². The molecule has 0 saturated carbocycles. The number of hydrogen-bond acceptors (Lipinski definition) is 7. The summed E-state index contributed by atoms with van der Waals surface area (Å²) in [4.78, 5) is 43.0. The highest BCUT2D eigenvalue weighted by atomic mass is 19.3. The lowest BCUT2D eigenvalue weighted by atomic mass is 10.00. The summed E-state index contributed by atoms with van der Waals surface area (Å²) in [5.74, 6) is -1.79. The third-order valence-electron chi connectivity index (χ3n) is 7.54. The van der Waals surface area contributed by atoms with Crippen molar-refractivity contribution in [3.8, 4) is 28.4 Å². The first kappa shape index (κ1) is 36.3. The van der Waals surface area contributed by atoms with Crippen LogP contribution < -0.4 is 25.4 Å². The van der Waals surface area contributed by atoms with E-state index in [9.17, 15) is 28.3 Å². The van der Waals surface area contributed by atoms with Gasteiger partial charge in [-0.05, 0) is 47.7 Å². The van der Waals surface area contributed by atoms with Crippen LogP contribution in [0.5, 0.6) is 17.2 Å². The van der Waals surface area contributed by atoms with Crippen molar-refractivity contribution in [1.29, 1.82) is 0 Å². The lowest BCUT2D eigenvalue weighted by molar-refractivity contribution is -0.123. The monoisotopic (exact) mass is 674 g/mol. The molecule has 0 saturated heterocycles. The van der Waals surface area contributed by atoms with Crippen molar-refractivity contribution in [2.75, 3.05) is 5.32 Å². The molecule has 0 radical (unpaired) electrons. The molecule has 3 aromatic carbocycles. The molecule has 1 unspecified atom stereocenters. The number of carbonyl (C=O) groups is 3. The number of hydrogen-bond donors (Lipinski definition) is 4. The standard InChI is InChI=1S/C37H40F2N4O6/c1-4-5-16-29(44)41-33(35(38)39)32-34(45)31(42-36(46)30(23(2)3)43-37(47)49-27-14-10-7-11-15-27)28(21-40-32)25-17-19-26(20-18-25)48-22-24-12-8-6-9-13-24/h6-15,17-21,23,30,33,35,45H,4-5,16,22H2,1-3H3,(H,41,44)(H,43,47)(H,40,42,46)/t30-,33?/m0/s1. The van der Waals surface area contributed by atoms with Gasteiger partial charge in [0, 0.05) is 18.2 Å². The molecule has 10 nitrogen and oxygen atoms in total. The molecule has 0 aliphatic heterocycles. The van der Waals surface area contributed by atoms with Crippen molar-refractivity contribution >= 4 is 23.6 Å². The second-order valence-corrected chi connectivity index (χ2v) is 11.6. The molecule has 1 heterocycles. The first-order valence-electron chi connectivity index (χ1n) is 16.0. The van der Waals surface area contributed by atoms with Crippen molar-refractivity contribution in [2.45, 2.75) is 65.1 Å². The van der Waals surface area contributed by atoms with E-state index in [1.54, 1.807) is 68.4 Å². The number of aromatic hydroxyl groups is 1. The maximum Gasteiger partial charge on any atom is 0.413 e. The van der Waals surface area contributed by atoms with Gasteiger partial charge in [-0.1, -0.05) is 87.9 Å². The van der Waals surface area contributed by atoms with E-state index in [1.165, 1.54) is 6.20 Å². The summed E-state index contributed by atoms with van der Waals surface area (Å²) in [5.41, 5.74) is 0.876. The highest BCUT2D eigenvalue weighted by Gasteiger charge is 2.32. The smallest absolute Gasteiger partial charge is 0.413 e. The van der Waals surface area contributed by atoms with Gasteiger partial charge in [0.05, 0.1) is 5.69 Å². The average Bonchev–Trinajstić information content (AvgIpc) is 3.09. The van der Waals surface area contributed by atoms with E-state index in [2.05, 4.69) is 20.9 Å². The number of halogens is 2. The molecule has 0 spiro atoms. The number of carbonyl (C=O) groups excluding carboxylic acids is 3. The van der Waals surface area contributed by atoms with Gasteiger partial charge < -0.3 is 30.5 Å². The van der Waals surface area contributed by atoms with Gasteiger partial charge >= 0.3 is 6.09 Å². The van der Waals surface area contributed by atoms with E-state index in [-0.39, 0.29) is 23.4 Å². The first-order valence-corrected chi connectivity index (χ1v) is 16.0. The van der Waals surface area contributed by atoms with Crippen LogP contribution in [-0.2, 0) is 16.2 Å². The number of anilines is 1. The fraction of sp³-hybridized carbons (Fsp3) is 0.297. The Bertz CT molecular complexity index is 1690. The lowest BCUT2D eigenvalue weighted by Crippen LogP contribution is -2.48. The Labute approximate surface area is 283 Å². The number of pyridine rings is 1. The molecule has 49 heavy (non-hydrogen) atoms. The van der Waals surface area contributed by atoms with E-state index >= 15 is 0 Å². The van der Waals surface area contributed by atoms with E-state index < -0.39 is 53.8 Å². The van der Waals surface area contributed by atoms with Gasteiger partial charge in [0.2, 0.25) is 11.8 Å². The highest BCUT2D eigenvalue weighted by Crippen LogP contribution is 2.40. The van der Waals surface area contributed by atoms with Gasteiger partial charge in [0.25, 0.3) is 6.43 Å². The molecule has 12 heteroatoms. The molecule has 258 valence electrons. The Kier molecular flexibility index (Phi) is 13.0. The van der Waals surface area contributed by atoms with Crippen LogP contribution in [0.4, 0.5) is 19.3 Å². The minimum Gasteiger partial charge on any atom is -0.504 e. The zero-order chi connectivity index (χ0) is 35.3. The third kappa shape index (κ3) is 10.2. The topological polar surface area (TPSA) is 139 Å². The van der Waals surface area contributed by atoms with Crippen LogP contribution in [0.15, 0.2) is 91.1 Å². The van der Waals surface area contributed by atoms with E-state index in [0.29, 0.717) is 30.8 Å². The molecule has 0 aliphatic rings. The minimum atomic E-state index is -3.13. The number of nitrogens with zero attached hydrogens (tertiary/aromatic N) is 1. The Balaban J connectivity index is 1.66. The van der Waals surface area contributed by atoms with Crippen molar-refractivity contribution < 1.29 is 37.7 Å². The van der Waals surface area contributed by atoms with E-state index in [4.69, 9.17) is 9.47 Å². The number of amides is 3. The van der Waals surface area contributed by atoms with Gasteiger partial charge in [-0.3, -0.25) is 14.6 Å². The number of ether oxygens (including phenoxy) is 2. The summed E-state index contributed by atoms with van der Waals surface area (Å²) >= 11 is 0. The molecule has 0 bridgehead atoms. The number of alkyl halides is 2. The quantitative estimate of drug-likeness (QED) is 0.103. The fourth-order valence-corrected chi connectivity index (χ4v) is 4.88. The number of para-hydroxylation sites is 1. The van der Waals surface area contributed by atoms with Crippen LogP contribution in [0.1, 0.15) is 57.3 Å². The average molecular weight is 675 g/mol. The summed E-state index contributed by atoms with van der Waals surface area (Å²) in [6.07, 6.45) is -1.60. The molecule has 4 rings (SSSR count). The zero-order valence-corrected chi connectivity index (χ0v) is 27.5. The van der Waals surface area contributed by atoms with Crippen LogP contribution in [0, 0.1) is 5.92 Å². The van der Waals surface area contributed by atoms with Crippen molar-refractivity contribution in [3.05, 3.63) is 102 Å².